The van der Waals surface area contributed by atoms with E-state index in [-0.39, 0.29) is 5.60 Å². The SMILES string of the molecule is CCCCC1(CC)COC12C=CC(C)=CC2. The van der Waals surface area contributed by atoms with Crippen molar-refractivity contribution in [1.29, 1.82) is 0 Å². The molecule has 1 nitrogen and oxygen atoms in total. The lowest BCUT2D eigenvalue weighted by molar-refractivity contribution is -0.244. The second kappa shape index (κ2) is 4.37. The highest BCUT2D eigenvalue weighted by Gasteiger charge is 2.57. The van der Waals surface area contributed by atoms with Crippen molar-refractivity contribution >= 4 is 0 Å². The number of unbranched alkanes of at least 4 members (excludes halogenated alkanes) is 1. The van der Waals surface area contributed by atoms with Crippen LogP contribution in [0.3, 0.4) is 0 Å². The molecule has 1 fully saturated rings. The van der Waals surface area contributed by atoms with Gasteiger partial charge in [0.05, 0.1) is 12.2 Å². The maximum atomic E-state index is 5.98. The second-order valence-electron chi connectivity index (χ2n) is 5.40. The molecule has 0 saturated carbocycles. The third kappa shape index (κ3) is 1.66. The van der Waals surface area contributed by atoms with Crippen LogP contribution < -0.4 is 0 Å². The van der Waals surface area contributed by atoms with E-state index in [0.29, 0.717) is 5.41 Å². The molecule has 2 rings (SSSR count). The fourth-order valence-corrected chi connectivity index (χ4v) is 3.05. The molecule has 1 heterocycles. The standard InChI is InChI=1S/C15H24O/c1-4-6-9-14(5-2)12-16-15(14)10-7-13(3)8-11-15/h7-8,10H,4-6,9,11-12H2,1-3H3. The molecule has 1 saturated heterocycles. The zero-order valence-corrected chi connectivity index (χ0v) is 10.9. The molecule has 2 aliphatic rings. The molecule has 1 aliphatic heterocycles. The Morgan fingerprint density at radius 2 is 2.19 bits per heavy atom. The first-order chi connectivity index (χ1) is 7.68. The molecular formula is C15H24O. The summed E-state index contributed by atoms with van der Waals surface area (Å²) in [5.41, 5.74) is 1.83. The van der Waals surface area contributed by atoms with Crippen LogP contribution in [0.25, 0.3) is 0 Å². The smallest absolute Gasteiger partial charge is 0.0978 e. The van der Waals surface area contributed by atoms with E-state index in [1.165, 1.54) is 31.3 Å². The van der Waals surface area contributed by atoms with Gasteiger partial charge >= 0.3 is 0 Å². The number of rotatable bonds is 4. The van der Waals surface area contributed by atoms with Crippen LogP contribution in [0.15, 0.2) is 23.8 Å². The summed E-state index contributed by atoms with van der Waals surface area (Å²) in [6.45, 7) is 7.72. The molecule has 0 amide bonds. The predicted molar refractivity (Wildman–Crippen MR) is 68.4 cm³/mol. The molecule has 90 valence electrons. The summed E-state index contributed by atoms with van der Waals surface area (Å²) >= 11 is 0. The predicted octanol–water partition coefficient (Wildman–Crippen LogP) is 4.25. The van der Waals surface area contributed by atoms with E-state index in [1.807, 2.05) is 0 Å². The van der Waals surface area contributed by atoms with Crippen LogP contribution >= 0.6 is 0 Å². The molecule has 0 aromatic rings. The summed E-state index contributed by atoms with van der Waals surface area (Å²) in [5.74, 6) is 0. The Hall–Kier alpha value is -0.560. The first kappa shape index (κ1) is 11.9. The monoisotopic (exact) mass is 220 g/mol. The van der Waals surface area contributed by atoms with Gasteiger partial charge in [-0.3, -0.25) is 0 Å². The zero-order valence-electron chi connectivity index (χ0n) is 10.9. The van der Waals surface area contributed by atoms with E-state index in [0.717, 1.165) is 13.0 Å². The van der Waals surface area contributed by atoms with Crippen molar-refractivity contribution in [2.75, 3.05) is 6.61 Å². The Balaban J connectivity index is 2.13. The Bertz CT molecular complexity index is 311. The minimum absolute atomic E-state index is 0.0381. The van der Waals surface area contributed by atoms with Crippen LogP contribution in [-0.2, 0) is 4.74 Å². The lowest BCUT2D eigenvalue weighted by atomic mass is 9.60. The zero-order chi connectivity index (χ0) is 11.6. The Morgan fingerprint density at radius 1 is 1.38 bits per heavy atom. The van der Waals surface area contributed by atoms with E-state index in [2.05, 4.69) is 39.0 Å². The van der Waals surface area contributed by atoms with Gasteiger partial charge in [-0.1, -0.05) is 50.5 Å². The van der Waals surface area contributed by atoms with E-state index in [9.17, 15) is 0 Å². The Morgan fingerprint density at radius 3 is 2.62 bits per heavy atom. The van der Waals surface area contributed by atoms with Gasteiger partial charge in [0.1, 0.15) is 0 Å². The molecule has 1 spiro atoms. The summed E-state index contributed by atoms with van der Waals surface area (Å²) in [6, 6.07) is 0. The van der Waals surface area contributed by atoms with Gasteiger partial charge in [0, 0.05) is 5.41 Å². The van der Waals surface area contributed by atoms with Gasteiger partial charge in [-0.05, 0) is 26.2 Å². The van der Waals surface area contributed by atoms with Crippen LogP contribution in [0, 0.1) is 5.41 Å². The molecule has 0 bridgehead atoms. The molecule has 2 atom stereocenters. The summed E-state index contributed by atoms with van der Waals surface area (Å²) in [5, 5.41) is 0. The van der Waals surface area contributed by atoms with E-state index in [4.69, 9.17) is 4.74 Å². The fourth-order valence-electron chi connectivity index (χ4n) is 3.05. The largest absolute Gasteiger partial charge is 0.369 e. The maximum absolute atomic E-state index is 5.98. The molecule has 0 N–H and O–H groups in total. The fraction of sp³-hybridized carbons (Fsp3) is 0.733. The van der Waals surface area contributed by atoms with Crippen molar-refractivity contribution in [3.05, 3.63) is 23.8 Å². The average molecular weight is 220 g/mol. The highest BCUT2D eigenvalue weighted by Crippen LogP contribution is 2.55. The minimum Gasteiger partial charge on any atom is -0.369 e. The van der Waals surface area contributed by atoms with Crippen LogP contribution in [0.4, 0.5) is 0 Å². The highest BCUT2D eigenvalue weighted by atomic mass is 16.5. The van der Waals surface area contributed by atoms with E-state index in [1.54, 1.807) is 0 Å². The van der Waals surface area contributed by atoms with Gasteiger partial charge in [-0.25, -0.2) is 0 Å². The molecule has 0 aromatic carbocycles. The van der Waals surface area contributed by atoms with Gasteiger partial charge in [-0.2, -0.15) is 0 Å². The lowest BCUT2D eigenvalue weighted by Gasteiger charge is -2.58. The van der Waals surface area contributed by atoms with Gasteiger partial charge < -0.3 is 4.74 Å². The van der Waals surface area contributed by atoms with Crippen molar-refractivity contribution in [3.63, 3.8) is 0 Å². The topological polar surface area (TPSA) is 9.23 Å². The van der Waals surface area contributed by atoms with Gasteiger partial charge in [-0.15, -0.1) is 0 Å². The molecule has 0 radical (unpaired) electrons. The van der Waals surface area contributed by atoms with Crippen molar-refractivity contribution < 1.29 is 4.74 Å². The molecule has 0 aromatic heterocycles. The lowest BCUT2D eigenvalue weighted by Crippen LogP contribution is -2.62. The molecular weight excluding hydrogens is 196 g/mol. The normalized spacial score (nSPS) is 37.3. The Kier molecular flexibility index (Phi) is 3.25. The minimum atomic E-state index is 0.0381. The van der Waals surface area contributed by atoms with Crippen molar-refractivity contribution in [3.8, 4) is 0 Å². The van der Waals surface area contributed by atoms with Gasteiger partial charge in [0.25, 0.3) is 0 Å². The molecule has 2 unspecified atom stereocenters. The number of hydrogen-bond acceptors (Lipinski definition) is 1. The van der Waals surface area contributed by atoms with Gasteiger partial charge in [0.15, 0.2) is 0 Å². The van der Waals surface area contributed by atoms with Crippen LogP contribution in [0.1, 0.15) is 52.9 Å². The third-order valence-corrected chi connectivity index (χ3v) is 4.53. The summed E-state index contributed by atoms with van der Waals surface area (Å²) in [4.78, 5) is 0. The Labute approximate surface area is 99.6 Å². The van der Waals surface area contributed by atoms with Crippen molar-refractivity contribution in [2.24, 2.45) is 5.41 Å². The third-order valence-electron chi connectivity index (χ3n) is 4.53. The molecule has 1 heteroatoms. The quantitative estimate of drug-likeness (QED) is 0.688. The first-order valence-electron chi connectivity index (χ1n) is 6.68. The second-order valence-corrected chi connectivity index (χ2v) is 5.40. The van der Waals surface area contributed by atoms with Crippen LogP contribution in [0.5, 0.6) is 0 Å². The van der Waals surface area contributed by atoms with Crippen LogP contribution in [0.2, 0.25) is 0 Å². The van der Waals surface area contributed by atoms with E-state index >= 15 is 0 Å². The first-order valence-corrected chi connectivity index (χ1v) is 6.68. The maximum Gasteiger partial charge on any atom is 0.0978 e. The van der Waals surface area contributed by atoms with Gasteiger partial charge in [0.2, 0.25) is 0 Å². The van der Waals surface area contributed by atoms with Crippen molar-refractivity contribution in [1.82, 2.24) is 0 Å². The number of hydrogen-bond donors (Lipinski definition) is 0. The van der Waals surface area contributed by atoms with Crippen LogP contribution in [-0.4, -0.2) is 12.2 Å². The average Bonchev–Trinajstić information content (AvgIpc) is 2.30. The highest BCUT2D eigenvalue weighted by molar-refractivity contribution is 5.31. The summed E-state index contributed by atoms with van der Waals surface area (Å²) < 4.78 is 5.98. The number of ether oxygens (including phenoxy) is 1. The van der Waals surface area contributed by atoms with E-state index < -0.39 is 0 Å². The summed E-state index contributed by atoms with van der Waals surface area (Å²) in [6.07, 6.45) is 13.1. The number of allylic oxidation sites excluding steroid dienone is 2. The molecule has 16 heavy (non-hydrogen) atoms. The molecule has 1 aliphatic carbocycles. The summed E-state index contributed by atoms with van der Waals surface area (Å²) in [7, 11) is 0. The van der Waals surface area contributed by atoms with Crippen molar-refractivity contribution in [2.45, 2.75) is 58.5 Å².